The zero-order chi connectivity index (χ0) is 13.8. The molecule has 1 aromatic carbocycles. The molecule has 0 bridgehead atoms. The molecule has 0 radical (unpaired) electrons. The molecule has 1 atom stereocenters. The summed E-state index contributed by atoms with van der Waals surface area (Å²) in [6, 6.07) is 4.85. The SMILES string of the molecule is COCCN1C[C@H](Cc2cc(F)ccc2C)CC1=O. The number of halogens is 1. The van der Waals surface area contributed by atoms with Crippen LogP contribution in [0.1, 0.15) is 17.5 Å². The number of ether oxygens (including phenoxy) is 1. The highest BCUT2D eigenvalue weighted by molar-refractivity contribution is 5.78. The van der Waals surface area contributed by atoms with Gasteiger partial charge in [0, 0.05) is 26.6 Å². The van der Waals surface area contributed by atoms with Gasteiger partial charge in [-0.15, -0.1) is 0 Å². The van der Waals surface area contributed by atoms with Crippen LogP contribution in [0.5, 0.6) is 0 Å². The number of carbonyl (C=O) groups is 1. The van der Waals surface area contributed by atoms with Crippen molar-refractivity contribution in [2.45, 2.75) is 19.8 Å². The molecule has 4 heteroatoms. The third-order valence-corrected chi connectivity index (χ3v) is 3.68. The maximum absolute atomic E-state index is 13.2. The van der Waals surface area contributed by atoms with Gasteiger partial charge in [0.25, 0.3) is 0 Å². The van der Waals surface area contributed by atoms with E-state index in [0.29, 0.717) is 19.6 Å². The smallest absolute Gasteiger partial charge is 0.223 e. The van der Waals surface area contributed by atoms with Crippen LogP contribution in [0.25, 0.3) is 0 Å². The molecule has 0 spiro atoms. The van der Waals surface area contributed by atoms with Crippen molar-refractivity contribution in [1.29, 1.82) is 0 Å². The molecule has 0 N–H and O–H groups in total. The van der Waals surface area contributed by atoms with E-state index < -0.39 is 0 Å². The number of methoxy groups -OCH3 is 1. The fraction of sp³-hybridized carbons (Fsp3) is 0.533. The Morgan fingerprint density at radius 1 is 1.47 bits per heavy atom. The summed E-state index contributed by atoms with van der Waals surface area (Å²) in [5.41, 5.74) is 2.09. The maximum atomic E-state index is 13.2. The fourth-order valence-corrected chi connectivity index (χ4v) is 2.58. The summed E-state index contributed by atoms with van der Waals surface area (Å²) in [7, 11) is 1.63. The summed E-state index contributed by atoms with van der Waals surface area (Å²) in [5.74, 6) is 0.252. The van der Waals surface area contributed by atoms with Crippen molar-refractivity contribution in [3.63, 3.8) is 0 Å². The topological polar surface area (TPSA) is 29.5 Å². The Morgan fingerprint density at radius 3 is 3.00 bits per heavy atom. The second-order valence-electron chi connectivity index (χ2n) is 5.18. The highest BCUT2D eigenvalue weighted by atomic mass is 19.1. The Labute approximate surface area is 113 Å². The lowest BCUT2D eigenvalue weighted by atomic mass is 9.95. The molecule has 2 rings (SSSR count). The number of hydrogen-bond acceptors (Lipinski definition) is 2. The quantitative estimate of drug-likeness (QED) is 0.816. The van der Waals surface area contributed by atoms with E-state index in [4.69, 9.17) is 4.74 Å². The predicted octanol–water partition coefficient (Wildman–Crippen LogP) is 2.17. The fourth-order valence-electron chi connectivity index (χ4n) is 2.58. The normalized spacial score (nSPS) is 19.2. The van der Waals surface area contributed by atoms with E-state index in [2.05, 4.69) is 0 Å². The van der Waals surface area contributed by atoms with Crippen LogP contribution in [-0.4, -0.2) is 37.6 Å². The first-order valence-corrected chi connectivity index (χ1v) is 6.62. The van der Waals surface area contributed by atoms with Crippen LogP contribution in [0, 0.1) is 18.7 Å². The van der Waals surface area contributed by atoms with Gasteiger partial charge in [-0.3, -0.25) is 4.79 Å². The minimum atomic E-state index is -0.207. The van der Waals surface area contributed by atoms with E-state index in [1.807, 2.05) is 11.8 Å². The molecular formula is C15H20FNO2. The third-order valence-electron chi connectivity index (χ3n) is 3.68. The Bertz CT molecular complexity index is 461. The van der Waals surface area contributed by atoms with Gasteiger partial charge in [-0.1, -0.05) is 6.07 Å². The zero-order valence-corrected chi connectivity index (χ0v) is 11.5. The summed E-state index contributed by atoms with van der Waals surface area (Å²) in [4.78, 5) is 13.7. The third kappa shape index (κ3) is 3.53. The largest absolute Gasteiger partial charge is 0.383 e. The second kappa shape index (κ2) is 6.15. The lowest BCUT2D eigenvalue weighted by Gasteiger charge is -2.16. The second-order valence-corrected chi connectivity index (χ2v) is 5.18. The molecule has 0 aromatic heterocycles. The molecule has 1 heterocycles. The van der Waals surface area contributed by atoms with Crippen LogP contribution in [0.2, 0.25) is 0 Å². The van der Waals surface area contributed by atoms with Crippen LogP contribution in [0.4, 0.5) is 4.39 Å². The summed E-state index contributed by atoms with van der Waals surface area (Å²) < 4.78 is 18.2. The van der Waals surface area contributed by atoms with Gasteiger partial charge in [0.1, 0.15) is 5.82 Å². The van der Waals surface area contributed by atoms with E-state index in [-0.39, 0.29) is 17.6 Å². The molecule has 104 valence electrons. The number of carbonyl (C=O) groups excluding carboxylic acids is 1. The zero-order valence-electron chi connectivity index (χ0n) is 11.5. The summed E-state index contributed by atoms with van der Waals surface area (Å²) >= 11 is 0. The van der Waals surface area contributed by atoms with Crippen LogP contribution < -0.4 is 0 Å². The minimum absolute atomic E-state index is 0.177. The molecule has 1 aromatic rings. The highest BCUT2D eigenvalue weighted by Crippen LogP contribution is 2.23. The minimum Gasteiger partial charge on any atom is -0.383 e. The first-order chi connectivity index (χ1) is 9.10. The van der Waals surface area contributed by atoms with Crippen LogP contribution in [-0.2, 0) is 16.0 Å². The molecule has 0 saturated carbocycles. The summed E-state index contributed by atoms with van der Waals surface area (Å²) in [5, 5.41) is 0. The van der Waals surface area contributed by atoms with E-state index in [9.17, 15) is 9.18 Å². The van der Waals surface area contributed by atoms with Gasteiger partial charge >= 0.3 is 0 Å². The van der Waals surface area contributed by atoms with Gasteiger partial charge in [-0.2, -0.15) is 0 Å². The van der Waals surface area contributed by atoms with Gasteiger partial charge in [-0.05, 0) is 42.5 Å². The number of likely N-dealkylation sites (tertiary alicyclic amines) is 1. The Morgan fingerprint density at radius 2 is 2.26 bits per heavy atom. The number of nitrogens with zero attached hydrogens (tertiary/aromatic N) is 1. The van der Waals surface area contributed by atoms with Crippen LogP contribution >= 0.6 is 0 Å². The molecule has 1 amide bonds. The first kappa shape index (κ1) is 14.0. The van der Waals surface area contributed by atoms with E-state index in [1.165, 1.54) is 6.07 Å². The van der Waals surface area contributed by atoms with Crippen molar-refractivity contribution in [2.24, 2.45) is 5.92 Å². The number of hydrogen-bond donors (Lipinski definition) is 0. The van der Waals surface area contributed by atoms with Crippen molar-refractivity contribution in [1.82, 2.24) is 4.90 Å². The highest BCUT2D eigenvalue weighted by Gasteiger charge is 2.29. The van der Waals surface area contributed by atoms with Gasteiger partial charge in [-0.25, -0.2) is 4.39 Å². The van der Waals surface area contributed by atoms with Gasteiger partial charge < -0.3 is 9.64 Å². The monoisotopic (exact) mass is 265 g/mol. The van der Waals surface area contributed by atoms with Gasteiger partial charge in [0.2, 0.25) is 5.91 Å². The Kier molecular flexibility index (Phi) is 4.53. The standard InChI is InChI=1S/C15H20FNO2/c1-11-3-4-14(16)9-13(11)7-12-8-15(18)17(10-12)5-6-19-2/h3-4,9,12H,5-8,10H2,1-2H3/t12-/m1/s1. The van der Waals surface area contributed by atoms with Crippen molar-refractivity contribution in [3.8, 4) is 0 Å². The molecule has 1 fully saturated rings. The molecule has 19 heavy (non-hydrogen) atoms. The van der Waals surface area contributed by atoms with E-state index in [1.54, 1.807) is 19.2 Å². The van der Waals surface area contributed by atoms with Gasteiger partial charge in [0.15, 0.2) is 0 Å². The maximum Gasteiger partial charge on any atom is 0.223 e. The molecule has 1 aliphatic rings. The number of amides is 1. The lowest BCUT2D eigenvalue weighted by Crippen LogP contribution is -2.28. The predicted molar refractivity (Wildman–Crippen MR) is 71.4 cm³/mol. The average molecular weight is 265 g/mol. The first-order valence-electron chi connectivity index (χ1n) is 6.62. The van der Waals surface area contributed by atoms with Crippen LogP contribution in [0.3, 0.4) is 0 Å². The van der Waals surface area contributed by atoms with Crippen molar-refractivity contribution < 1.29 is 13.9 Å². The average Bonchev–Trinajstić information content (AvgIpc) is 2.72. The summed E-state index contributed by atoms with van der Waals surface area (Å²) in [6.45, 7) is 3.94. The van der Waals surface area contributed by atoms with E-state index >= 15 is 0 Å². The Balaban J connectivity index is 1.97. The molecule has 0 aliphatic carbocycles. The Hall–Kier alpha value is -1.42. The summed E-state index contributed by atoms with van der Waals surface area (Å²) in [6.07, 6.45) is 1.32. The molecule has 0 unspecified atom stereocenters. The number of rotatable bonds is 5. The van der Waals surface area contributed by atoms with Crippen molar-refractivity contribution in [2.75, 3.05) is 26.8 Å². The van der Waals surface area contributed by atoms with E-state index in [0.717, 1.165) is 24.1 Å². The lowest BCUT2D eigenvalue weighted by molar-refractivity contribution is -0.128. The molecule has 1 saturated heterocycles. The van der Waals surface area contributed by atoms with Crippen molar-refractivity contribution >= 4 is 5.91 Å². The molecule has 1 aliphatic heterocycles. The number of benzene rings is 1. The number of aryl methyl sites for hydroxylation is 1. The van der Waals surface area contributed by atoms with Gasteiger partial charge in [0.05, 0.1) is 6.61 Å². The molecular weight excluding hydrogens is 245 g/mol. The van der Waals surface area contributed by atoms with Crippen molar-refractivity contribution in [3.05, 3.63) is 35.1 Å². The molecule has 3 nitrogen and oxygen atoms in total. The van der Waals surface area contributed by atoms with Crippen LogP contribution in [0.15, 0.2) is 18.2 Å².